The second kappa shape index (κ2) is 8.89. The second-order valence-corrected chi connectivity index (χ2v) is 13.6. The zero-order valence-electron chi connectivity index (χ0n) is 24.0. The van der Waals surface area contributed by atoms with Crippen LogP contribution in [0.3, 0.4) is 0 Å². The third-order valence-corrected chi connectivity index (χ3v) is 11.1. The molecule has 0 N–H and O–H groups in total. The van der Waals surface area contributed by atoms with Gasteiger partial charge in [-0.2, -0.15) is 0 Å². The van der Waals surface area contributed by atoms with Crippen molar-refractivity contribution >= 4 is 40.1 Å². The number of benzene rings is 4. The summed E-state index contributed by atoms with van der Waals surface area (Å²) in [4.78, 5) is 5.34. The van der Waals surface area contributed by atoms with Crippen LogP contribution in [0.25, 0.3) is 22.7 Å². The number of aromatic nitrogens is 1. The molecule has 9 rings (SSSR count). The van der Waals surface area contributed by atoms with Gasteiger partial charge >= 0.3 is 0 Å². The van der Waals surface area contributed by atoms with E-state index in [9.17, 15) is 0 Å². The van der Waals surface area contributed by atoms with Gasteiger partial charge in [0.2, 0.25) is 0 Å². The molecule has 1 aromatic heterocycles. The van der Waals surface area contributed by atoms with Gasteiger partial charge in [-0.05, 0) is 84.5 Å². The van der Waals surface area contributed by atoms with E-state index in [-0.39, 0.29) is 5.41 Å². The average molecular weight is 561 g/mol. The van der Waals surface area contributed by atoms with Gasteiger partial charge in [0.25, 0.3) is 0 Å². The molecular weight excluding hydrogens is 529 g/mol. The summed E-state index contributed by atoms with van der Waals surface area (Å²) in [6.07, 6.45) is 8.25. The quantitative estimate of drug-likeness (QED) is 0.212. The second-order valence-electron chi connectivity index (χ2n) is 12.5. The van der Waals surface area contributed by atoms with Crippen LogP contribution in [-0.4, -0.2) is 4.57 Å². The summed E-state index contributed by atoms with van der Waals surface area (Å²) in [5.74, 6) is 0.413. The Morgan fingerprint density at radius 1 is 0.714 bits per heavy atom. The van der Waals surface area contributed by atoms with E-state index in [1.807, 2.05) is 11.8 Å². The van der Waals surface area contributed by atoms with Crippen molar-refractivity contribution in [3.05, 3.63) is 148 Å². The third-order valence-electron chi connectivity index (χ3n) is 9.98. The summed E-state index contributed by atoms with van der Waals surface area (Å²) in [6, 6.07) is 37.8. The van der Waals surface area contributed by atoms with Crippen LogP contribution in [0.1, 0.15) is 43.5 Å². The van der Waals surface area contributed by atoms with E-state index < -0.39 is 0 Å². The molecule has 3 heteroatoms. The number of anilines is 2. The van der Waals surface area contributed by atoms with Crippen LogP contribution in [0, 0.1) is 5.92 Å². The van der Waals surface area contributed by atoms with Crippen LogP contribution in [0.5, 0.6) is 0 Å². The number of allylic oxidation sites excluding steroid dienone is 4. The van der Waals surface area contributed by atoms with Gasteiger partial charge < -0.3 is 9.47 Å². The number of para-hydroxylation sites is 4. The summed E-state index contributed by atoms with van der Waals surface area (Å²) >= 11 is 1.96. The highest BCUT2D eigenvalue weighted by Crippen LogP contribution is 2.61. The molecule has 4 aliphatic rings. The Morgan fingerprint density at radius 3 is 2.33 bits per heavy atom. The fourth-order valence-corrected chi connectivity index (χ4v) is 9.12. The Hall–Kier alpha value is -4.21. The molecule has 1 atom stereocenters. The van der Waals surface area contributed by atoms with Crippen LogP contribution in [-0.2, 0) is 11.8 Å². The normalized spacial score (nSPS) is 19.9. The van der Waals surface area contributed by atoms with Gasteiger partial charge in [-0.1, -0.05) is 92.3 Å². The Labute approximate surface area is 251 Å². The molecule has 4 aromatic carbocycles. The highest BCUT2D eigenvalue weighted by Gasteiger charge is 2.48. The Balaban J connectivity index is 1.23. The first-order valence-corrected chi connectivity index (χ1v) is 15.9. The number of nitrogens with zero attached hydrogens (tertiary/aromatic N) is 2. The first kappa shape index (κ1) is 24.4. The predicted octanol–water partition coefficient (Wildman–Crippen LogP) is 10.4. The standard InChI is InChI=1S/C39H32N2S/c1-39(2)30-15-7-9-17-34(30)41-35-18-10-11-19-36(35)42-37-24-26(23-31(39)38(37)41)25-20-21-33-29(22-25)28-14-6-8-16-32(28)40(33)27-12-4-3-5-13-27/h3-19,22,24,31H,20-21,23H2,1-2H3. The fraction of sp³-hybridized carbons (Fsp3) is 0.179. The van der Waals surface area contributed by atoms with Gasteiger partial charge in [0.05, 0.1) is 11.2 Å². The minimum atomic E-state index is 0.0315. The third kappa shape index (κ3) is 3.35. The Morgan fingerprint density at radius 2 is 1.45 bits per heavy atom. The molecule has 0 fully saturated rings. The molecule has 0 amide bonds. The molecule has 3 heterocycles. The lowest BCUT2D eigenvalue weighted by atomic mass is 9.64. The van der Waals surface area contributed by atoms with Gasteiger partial charge in [0.1, 0.15) is 0 Å². The SMILES string of the molecule is CC1(C)c2ccccc2N2C3=C(C=C(C4=Cc5c(n(-c6ccccc6)c6ccccc56)CC4)CC31)Sc1ccccc12. The lowest BCUT2D eigenvalue weighted by molar-refractivity contribution is 0.343. The molecule has 0 bridgehead atoms. The minimum absolute atomic E-state index is 0.0315. The molecule has 204 valence electrons. The van der Waals surface area contributed by atoms with E-state index in [1.54, 1.807) is 0 Å². The summed E-state index contributed by atoms with van der Waals surface area (Å²) in [7, 11) is 0. The highest BCUT2D eigenvalue weighted by atomic mass is 32.2. The summed E-state index contributed by atoms with van der Waals surface area (Å²) in [5.41, 5.74) is 14.0. The number of hydrogen-bond donors (Lipinski definition) is 0. The topological polar surface area (TPSA) is 8.17 Å². The molecule has 1 unspecified atom stereocenters. The van der Waals surface area contributed by atoms with Crippen molar-refractivity contribution in [2.75, 3.05) is 4.90 Å². The number of fused-ring (bicyclic) bond motifs is 7. The van der Waals surface area contributed by atoms with E-state index in [4.69, 9.17) is 0 Å². The van der Waals surface area contributed by atoms with Crippen molar-refractivity contribution in [3.63, 3.8) is 0 Å². The van der Waals surface area contributed by atoms with Gasteiger partial charge in [-0.15, -0.1) is 0 Å². The smallest absolute Gasteiger partial charge is 0.0598 e. The number of thioether (sulfide) groups is 1. The van der Waals surface area contributed by atoms with Crippen molar-refractivity contribution in [3.8, 4) is 5.69 Å². The maximum absolute atomic E-state index is 2.58. The largest absolute Gasteiger partial charge is 0.313 e. The lowest BCUT2D eigenvalue weighted by Crippen LogP contribution is -2.44. The van der Waals surface area contributed by atoms with E-state index in [0.717, 1.165) is 19.3 Å². The molecular formula is C39H32N2S. The van der Waals surface area contributed by atoms with Crippen molar-refractivity contribution in [1.82, 2.24) is 4.57 Å². The Kier molecular flexibility index (Phi) is 5.17. The molecule has 2 aliphatic heterocycles. The van der Waals surface area contributed by atoms with Crippen LogP contribution in [0.4, 0.5) is 11.4 Å². The molecule has 2 nitrogen and oxygen atoms in total. The minimum Gasteiger partial charge on any atom is -0.313 e. The first-order chi connectivity index (χ1) is 20.6. The van der Waals surface area contributed by atoms with Crippen LogP contribution < -0.4 is 4.90 Å². The Bertz CT molecular complexity index is 2020. The fourth-order valence-electron chi connectivity index (χ4n) is 7.94. The van der Waals surface area contributed by atoms with Crippen molar-refractivity contribution in [2.24, 2.45) is 5.92 Å². The molecule has 0 spiro atoms. The molecule has 2 aliphatic carbocycles. The predicted molar refractivity (Wildman–Crippen MR) is 177 cm³/mol. The maximum atomic E-state index is 2.58. The van der Waals surface area contributed by atoms with E-state index in [1.165, 1.54) is 71.4 Å². The molecule has 0 saturated heterocycles. The van der Waals surface area contributed by atoms with Crippen LogP contribution >= 0.6 is 11.8 Å². The summed E-state index contributed by atoms with van der Waals surface area (Å²) < 4.78 is 2.49. The van der Waals surface area contributed by atoms with E-state index >= 15 is 0 Å². The van der Waals surface area contributed by atoms with Gasteiger partial charge in [0, 0.05) is 54.8 Å². The summed E-state index contributed by atoms with van der Waals surface area (Å²) in [6.45, 7) is 4.93. The molecule has 42 heavy (non-hydrogen) atoms. The van der Waals surface area contributed by atoms with Crippen molar-refractivity contribution < 1.29 is 0 Å². The number of rotatable bonds is 2. The zero-order valence-corrected chi connectivity index (χ0v) is 24.8. The molecule has 5 aromatic rings. The van der Waals surface area contributed by atoms with Crippen LogP contribution in [0.15, 0.2) is 136 Å². The maximum Gasteiger partial charge on any atom is 0.0598 e. The van der Waals surface area contributed by atoms with Crippen molar-refractivity contribution in [1.29, 1.82) is 0 Å². The average Bonchev–Trinajstić information content (AvgIpc) is 3.37. The molecule has 0 radical (unpaired) electrons. The van der Waals surface area contributed by atoms with Gasteiger partial charge in [0.15, 0.2) is 0 Å². The molecule has 0 saturated carbocycles. The highest BCUT2D eigenvalue weighted by molar-refractivity contribution is 8.03. The van der Waals surface area contributed by atoms with Crippen molar-refractivity contribution in [2.45, 2.75) is 43.4 Å². The van der Waals surface area contributed by atoms with E-state index in [0.29, 0.717) is 5.92 Å². The lowest BCUT2D eigenvalue weighted by Gasteiger charge is -2.52. The van der Waals surface area contributed by atoms with Gasteiger partial charge in [-0.3, -0.25) is 0 Å². The summed E-state index contributed by atoms with van der Waals surface area (Å²) in [5, 5.41) is 1.35. The zero-order chi connectivity index (χ0) is 28.0. The monoisotopic (exact) mass is 560 g/mol. The first-order valence-electron chi connectivity index (χ1n) is 15.1. The van der Waals surface area contributed by atoms with Gasteiger partial charge in [-0.25, -0.2) is 0 Å². The number of hydrogen-bond acceptors (Lipinski definition) is 2. The van der Waals surface area contributed by atoms with Crippen LogP contribution in [0.2, 0.25) is 0 Å². The van der Waals surface area contributed by atoms with E-state index in [2.05, 4.69) is 139 Å².